The van der Waals surface area contributed by atoms with Crippen molar-refractivity contribution in [1.82, 2.24) is 10.2 Å². The van der Waals surface area contributed by atoms with E-state index in [2.05, 4.69) is 49.0 Å². The first-order valence-electron chi connectivity index (χ1n) is 8.47. The monoisotopic (exact) mass is 445 g/mol. The van der Waals surface area contributed by atoms with Crippen LogP contribution in [-0.4, -0.2) is 37.6 Å². The van der Waals surface area contributed by atoms with Gasteiger partial charge in [0.2, 0.25) is 0 Å². The molecule has 0 spiro atoms. The second-order valence-corrected chi connectivity index (χ2v) is 5.43. The number of hydrogen-bond acceptors (Lipinski definition) is 2. The third kappa shape index (κ3) is 8.68. The highest BCUT2D eigenvalue weighted by Crippen LogP contribution is 2.12. The van der Waals surface area contributed by atoms with Crippen LogP contribution in [0.4, 0.5) is 0 Å². The Kier molecular flexibility index (Phi) is 13.6. The van der Waals surface area contributed by atoms with E-state index in [0.29, 0.717) is 13.2 Å². The smallest absolute Gasteiger partial charge is 0.193 e. The molecule has 0 aliphatic heterocycles. The zero-order valence-electron chi connectivity index (χ0n) is 15.3. The third-order valence-corrected chi connectivity index (χ3v) is 3.58. The van der Waals surface area contributed by atoms with Crippen LogP contribution < -0.4 is 5.32 Å². The van der Waals surface area contributed by atoms with E-state index in [0.717, 1.165) is 38.5 Å². The van der Waals surface area contributed by atoms with Crippen molar-refractivity contribution in [3.05, 3.63) is 48.0 Å². The summed E-state index contributed by atoms with van der Waals surface area (Å²) in [7, 11) is 2.08. The molecule has 0 unspecified atom stereocenters. The van der Waals surface area contributed by atoms with Gasteiger partial charge in [-0.3, -0.25) is 0 Å². The van der Waals surface area contributed by atoms with Gasteiger partial charge >= 0.3 is 0 Å². The third-order valence-electron chi connectivity index (χ3n) is 3.58. The summed E-state index contributed by atoms with van der Waals surface area (Å²) in [5.74, 6) is 0.947. The van der Waals surface area contributed by atoms with Crippen molar-refractivity contribution >= 4 is 29.9 Å². The maximum atomic E-state index is 5.54. The number of aliphatic imine (C=N–C) groups is 1. The molecule has 1 rings (SSSR count). The average Bonchev–Trinajstić information content (AvgIpc) is 2.57. The fraction of sp³-hybridized carbons (Fsp3) is 0.526. The summed E-state index contributed by atoms with van der Waals surface area (Å²) in [6.45, 7) is 11.8. The van der Waals surface area contributed by atoms with Crippen molar-refractivity contribution in [2.45, 2.75) is 39.8 Å². The SMILES string of the molecule is C=CCCCN(C)C(=NCc1ccccc1COCC)NCC.I. The number of nitrogens with one attached hydrogen (secondary N) is 1. The quantitative estimate of drug-likeness (QED) is 0.193. The number of hydrogen-bond donors (Lipinski definition) is 1. The lowest BCUT2D eigenvalue weighted by molar-refractivity contribution is 0.133. The Morgan fingerprint density at radius 2 is 2.00 bits per heavy atom. The fourth-order valence-corrected chi connectivity index (χ4v) is 2.27. The van der Waals surface area contributed by atoms with Crippen molar-refractivity contribution < 1.29 is 4.74 Å². The molecular weight excluding hydrogens is 413 g/mol. The van der Waals surface area contributed by atoms with Crippen molar-refractivity contribution in [2.24, 2.45) is 4.99 Å². The second-order valence-electron chi connectivity index (χ2n) is 5.43. The van der Waals surface area contributed by atoms with Gasteiger partial charge in [-0.1, -0.05) is 30.3 Å². The van der Waals surface area contributed by atoms with Crippen LogP contribution in [0, 0.1) is 0 Å². The first-order valence-corrected chi connectivity index (χ1v) is 8.47. The molecule has 0 aliphatic rings. The number of benzene rings is 1. The lowest BCUT2D eigenvalue weighted by Gasteiger charge is -2.22. The van der Waals surface area contributed by atoms with Gasteiger partial charge in [-0.2, -0.15) is 0 Å². The molecule has 0 atom stereocenters. The van der Waals surface area contributed by atoms with Crippen molar-refractivity contribution in [3.8, 4) is 0 Å². The molecular formula is C19H32IN3O. The van der Waals surface area contributed by atoms with E-state index in [1.54, 1.807) is 0 Å². The summed E-state index contributed by atoms with van der Waals surface area (Å²) in [4.78, 5) is 6.96. The Labute approximate surface area is 164 Å². The van der Waals surface area contributed by atoms with Crippen LogP contribution in [0.3, 0.4) is 0 Å². The number of nitrogens with zero attached hydrogens (tertiary/aromatic N) is 2. The van der Waals surface area contributed by atoms with Crippen LogP contribution in [-0.2, 0) is 17.9 Å². The minimum Gasteiger partial charge on any atom is -0.377 e. The van der Waals surface area contributed by atoms with E-state index in [1.807, 2.05) is 19.1 Å². The molecule has 1 N–H and O–H groups in total. The van der Waals surface area contributed by atoms with Gasteiger partial charge in [-0.25, -0.2) is 4.99 Å². The Morgan fingerprint density at radius 3 is 2.62 bits per heavy atom. The summed E-state index contributed by atoms with van der Waals surface area (Å²) in [6, 6.07) is 8.34. The first kappa shape index (κ1) is 22.9. The molecule has 0 aromatic heterocycles. The fourth-order valence-electron chi connectivity index (χ4n) is 2.27. The van der Waals surface area contributed by atoms with E-state index in [9.17, 15) is 0 Å². The summed E-state index contributed by atoms with van der Waals surface area (Å²) in [5.41, 5.74) is 2.43. The van der Waals surface area contributed by atoms with E-state index < -0.39 is 0 Å². The molecule has 0 saturated heterocycles. The number of unbranched alkanes of at least 4 members (excludes halogenated alkanes) is 1. The molecule has 0 heterocycles. The van der Waals surface area contributed by atoms with Crippen molar-refractivity contribution in [2.75, 3.05) is 26.7 Å². The second kappa shape index (κ2) is 14.3. The summed E-state index contributed by atoms with van der Waals surface area (Å²) < 4.78 is 5.54. The van der Waals surface area contributed by atoms with Gasteiger partial charge in [-0.05, 0) is 37.8 Å². The van der Waals surface area contributed by atoms with Crippen LogP contribution >= 0.6 is 24.0 Å². The van der Waals surface area contributed by atoms with Crippen LogP contribution in [0.25, 0.3) is 0 Å². The van der Waals surface area contributed by atoms with Gasteiger partial charge in [0.1, 0.15) is 0 Å². The number of allylic oxidation sites excluding steroid dienone is 1. The van der Waals surface area contributed by atoms with Gasteiger partial charge in [0, 0.05) is 26.7 Å². The maximum absolute atomic E-state index is 5.54. The molecule has 0 saturated carbocycles. The maximum Gasteiger partial charge on any atom is 0.193 e. The average molecular weight is 445 g/mol. The van der Waals surface area contributed by atoms with E-state index in [-0.39, 0.29) is 24.0 Å². The Balaban J connectivity index is 0.00000529. The highest BCUT2D eigenvalue weighted by Gasteiger charge is 2.06. The molecule has 4 nitrogen and oxygen atoms in total. The van der Waals surface area contributed by atoms with Crippen LogP contribution in [0.1, 0.15) is 37.8 Å². The van der Waals surface area contributed by atoms with Gasteiger partial charge in [0.15, 0.2) is 5.96 Å². The Hall–Kier alpha value is -1.08. The predicted octanol–water partition coefficient (Wildman–Crippen LogP) is 4.20. The minimum atomic E-state index is 0. The molecule has 1 aromatic carbocycles. The number of guanidine groups is 1. The standard InChI is InChI=1S/C19H31N3O.HI/c1-5-8-11-14-22(4)19(20-6-2)21-15-17-12-9-10-13-18(17)16-23-7-3;/h5,9-10,12-13H,1,6-8,11,14-16H2,2-4H3,(H,20,21);1H. The summed E-state index contributed by atoms with van der Waals surface area (Å²) in [5, 5.41) is 3.36. The van der Waals surface area contributed by atoms with Crippen molar-refractivity contribution in [1.29, 1.82) is 0 Å². The van der Waals surface area contributed by atoms with Gasteiger partial charge in [0.05, 0.1) is 13.2 Å². The summed E-state index contributed by atoms with van der Waals surface area (Å²) in [6.07, 6.45) is 4.08. The van der Waals surface area contributed by atoms with Gasteiger partial charge in [0.25, 0.3) is 0 Å². The lowest BCUT2D eigenvalue weighted by atomic mass is 10.1. The van der Waals surface area contributed by atoms with Crippen LogP contribution in [0.2, 0.25) is 0 Å². The minimum absolute atomic E-state index is 0. The molecule has 24 heavy (non-hydrogen) atoms. The number of halogens is 1. The summed E-state index contributed by atoms with van der Waals surface area (Å²) >= 11 is 0. The highest BCUT2D eigenvalue weighted by molar-refractivity contribution is 14.0. The Bertz CT molecular complexity index is 491. The zero-order chi connectivity index (χ0) is 16.9. The molecule has 0 fully saturated rings. The van der Waals surface area contributed by atoms with Crippen LogP contribution in [0.5, 0.6) is 0 Å². The van der Waals surface area contributed by atoms with Gasteiger partial charge in [-0.15, -0.1) is 30.6 Å². The highest BCUT2D eigenvalue weighted by atomic mass is 127. The first-order chi connectivity index (χ1) is 11.2. The molecule has 136 valence electrons. The number of ether oxygens (including phenoxy) is 1. The van der Waals surface area contributed by atoms with Crippen molar-refractivity contribution in [3.63, 3.8) is 0 Å². The molecule has 0 radical (unpaired) electrons. The van der Waals surface area contributed by atoms with E-state index in [1.165, 1.54) is 11.1 Å². The number of rotatable bonds is 10. The molecule has 0 aliphatic carbocycles. The zero-order valence-corrected chi connectivity index (χ0v) is 17.6. The molecule has 5 heteroatoms. The largest absolute Gasteiger partial charge is 0.377 e. The molecule has 0 amide bonds. The van der Waals surface area contributed by atoms with E-state index in [4.69, 9.17) is 9.73 Å². The molecule has 0 bridgehead atoms. The lowest BCUT2D eigenvalue weighted by Crippen LogP contribution is -2.39. The normalized spacial score (nSPS) is 10.9. The predicted molar refractivity (Wildman–Crippen MR) is 114 cm³/mol. The topological polar surface area (TPSA) is 36.9 Å². The molecule has 1 aromatic rings. The van der Waals surface area contributed by atoms with Gasteiger partial charge < -0.3 is 15.0 Å². The Morgan fingerprint density at radius 1 is 1.29 bits per heavy atom. The van der Waals surface area contributed by atoms with E-state index >= 15 is 0 Å². The van der Waals surface area contributed by atoms with Crippen LogP contribution in [0.15, 0.2) is 41.9 Å².